The number of nitrogens with zero attached hydrogens (tertiary/aromatic N) is 5. The Hall–Kier alpha value is -3.85. The van der Waals surface area contributed by atoms with Crippen LogP contribution in [0, 0.1) is 5.92 Å². The van der Waals surface area contributed by atoms with Crippen LogP contribution in [0.3, 0.4) is 0 Å². The molecule has 1 aliphatic rings. The molecule has 2 aromatic carbocycles. The lowest BCUT2D eigenvalue weighted by molar-refractivity contribution is -0.149. The first kappa shape index (κ1) is 25.8. The number of hydrogen-bond acceptors (Lipinski definition) is 7. The first-order chi connectivity index (χ1) is 18.6. The molecule has 1 aliphatic heterocycles. The Labute approximate surface area is 221 Å². The maximum Gasteiger partial charge on any atom is 0.309 e. The molecule has 2 aromatic heterocycles. The zero-order chi connectivity index (χ0) is 26.5. The molecule has 9 nitrogen and oxygen atoms in total. The number of carbonyl (C=O) groups is 1. The lowest BCUT2D eigenvalue weighted by Crippen LogP contribution is -2.42. The zero-order valence-electron chi connectivity index (χ0n) is 22.0. The van der Waals surface area contributed by atoms with E-state index in [9.17, 15) is 9.59 Å². The molecule has 4 aromatic rings. The fraction of sp³-hybridized carbons (Fsp3) is 0.414. The average Bonchev–Trinajstić information content (AvgIpc) is 3.41. The molecule has 0 saturated carbocycles. The van der Waals surface area contributed by atoms with Crippen molar-refractivity contribution in [3.8, 4) is 0 Å². The van der Waals surface area contributed by atoms with Crippen LogP contribution in [0.2, 0.25) is 0 Å². The number of pyridine rings is 1. The van der Waals surface area contributed by atoms with E-state index < -0.39 is 6.04 Å². The van der Waals surface area contributed by atoms with E-state index in [0.717, 1.165) is 23.7 Å². The van der Waals surface area contributed by atoms with Crippen LogP contribution >= 0.6 is 0 Å². The molecule has 38 heavy (non-hydrogen) atoms. The number of likely N-dealkylation sites (tertiary alicyclic amines) is 1. The minimum absolute atomic E-state index is 0.136. The Kier molecular flexibility index (Phi) is 7.93. The Balaban J connectivity index is 1.51. The molecule has 198 valence electrons. The fourth-order valence-electron chi connectivity index (χ4n) is 5.29. The van der Waals surface area contributed by atoms with E-state index in [0.29, 0.717) is 50.5 Å². The quantitative estimate of drug-likeness (QED) is 0.340. The van der Waals surface area contributed by atoms with Crippen LogP contribution in [0.25, 0.3) is 10.9 Å². The van der Waals surface area contributed by atoms with Crippen molar-refractivity contribution in [2.45, 2.75) is 52.1 Å². The topological polar surface area (TPSA) is 106 Å². The third-order valence-electron chi connectivity index (χ3n) is 7.41. The summed E-state index contributed by atoms with van der Waals surface area (Å²) in [6.07, 6.45) is 3.00. The van der Waals surface area contributed by atoms with Crippen molar-refractivity contribution >= 4 is 16.9 Å². The Bertz CT molecular complexity index is 1440. The summed E-state index contributed by atoms with van der Waals surface area (Å²) in [5.74, 6) is 0.349. The maximum atomic E-state index is 13.5. The predicted molar refractivity (Wildman–Crippen MR) is 145 cm³/mol. The average molecular weight is 515 g/mol. The van der Waals surface area contributed by atoms with Gasteiger partial charge in [0.15, 0.2) is 5.82 Å². The summed E-state index contributed by atoms with van der Waals surface area (Å²) in [4.78, 5) is 31.2. The van der Waals surface area contributed by atoms with Gasteiger partial charge in [0.1, 0.15) is 6.04 Å². The number of piperidine rings is 1. The van der Waals surface area contributed by atoms with Gasteiger partial charge in [-0.05, 0) is 77.7 Å². The van der Waals surface area contributed by atoms with Gasteiger partial charge in [-0.25, -0.2) is 4.68 Å². The van der Waals surface area contributed by atoms with Crippen LogP contribution in [0.5, 0.6) is 0 Å². The highest BCUT2D eigenvalue weighted by Gasteiger charge is 2.35. The second kappa shape index (κ2) is 11.7. The van der Waals surface area contributed by atoms with E-state index in [2.05, 4.69) is 50.5 Å². The minimum Gasteiger partial charge on any atom is -0.466 e. The number of nitrogens with one attached hydrogen (secondary N) is 1. The molecular formula is C29H34N6O3. The van der Waals surface area contributed by atoms with E-state index in [1.54, 1.807) is 4.68 Å². The smallest absolute Gasteiger partial charge is 0.309 e. The summed E-state index contributed by atoms with van der Waals surface area (Å²) in [5, 5.41) is 13.7. The Morgan fingerprint density at radius 3 is 2.61 bits per heavy atom. The highest BCUT2D eigenvalue weighted by atomic mass is 16.5. The number of tetrazole rings is 1. The second-order valence-corrected chi connectivity index (χ2v) is 9.79. The van der Waals surface area contributed by atoms with E-state index in [4.69, 9.17) is 4.74 Å². The lowest BCUT2D eigenvalue weighted by atomic mass is 9.93. The predicted octanol–water partition coefficient (Wildman–Crippen LogP) is 3.68. The molecule has 0 bridgehead atoms. The maximum absolute atomic E-state index is 13.5. The van der Waals surface area contributed by atoms with E-state index in [1.807, 2.05) is 43.3 Å². The van der Waals surface area contributed by atoms with E-state index in [-0.39, 0.29) is 17.4 Å². The summed E-state index contributed by atoms with van der Waals surface area (Å²) in [6.45, 7) is 6.18. The highest BCUT2D eigenvalue weighted by molar-refractivity contribution is 5.80. The second-order valence-electron chi connectivity index (χ2n) is 9.79. The molecule has 5 rings (SSSR count). The molecule has 0 spiro atoms. The summed E-state index contributed by atoms with van der Waals surface area (Å²) >= 11 is 0. The summed E-state index contributed by atoms with van der Waals surface area (Å²) < 4.78 is 7.07. The fourth-order valence-corrected chi connectivity index (χ4v) is 5.29. The van der Waals surface area contributed by atoms with Gasteiger partial charge in [-0.15, -0.1) is 5.10 Å². The number of H-pyrrole nitrogens is 1. The van der Waals surface area contributed by atoms with Gasteiger partial charge in [0.2, 0.25) is 0 Å². The van der Waals surface area contributed by atoms with Crippen molar-refractivity contribution in [1.82, 2.24) is 30.1 Å². The van der Waals surface area contributed by atoms with Gasteiger partial charge >= 0.3 is 5.97 Å². The zero-order valence-corrected chi connectivity index (χ0v) is 22.0. The van der Waals surface area contributed by atoms with Crippen molar-refractivity contribution in [1.29, 1.82) is 0 Å². The number of carbonyl (C=O) groups excluding carboxylic acids is 1. The highest BCUT2D eigenvalue weighted by Crippen LogP contribution is 2.31. The van der Waals surface area contributed by atoms with E-state index in [1.165, 1.54) is 11.1 Å². The van der Waals surface area contributed by atoms with E-state index >= 15 is 0 Å². The number of benzene rings is 2. The standard InChI is InChI=1S/C29H34N6O3/c1-3-20-10-11-25-23(18-20)19-24(28(36)30-25)26(34-15-13-22(14-16-34)29(37)38-4-2)27-31-32-33-35(27)17-12-21-8-6-5-7-9-21/h5-11,18-19,22,26H,3-4,12-17H2,1-2H3,(H,30,36). The molecule has 1 saturated heterocycles. The van der Waals surface area contributed by atoms with Crippen LogP contribution in [0.1, 0.15) is 55.2 Å². The van der Waals surface area contributed by atoms with Crippen LogP contribution in [0.4, 0.5) is 0 Å². The number of hydrogen-bond donors (Lipinski definition) is 1. The summed E-state index contributed by atoms with van der Waals surface area (Å²) in [5.41, 5.74) is 3.65. The molecule has 3 heterocycles. The van der Waals surface area contributed by atoms with Gasteiger partial charge in [-0.3, -0.25) is 14.5 Å². The Morgan fingerprint density at radius 1 is 1.08 bits per heavy atom. The van der Waals surface area contributed by atoms with Crippen LogP contribution < -0.4 is 5.56 Å². The normalized spacial score (nSPS) is 15.5. The minimum atomic E-state index is -0.442. The largest absolute Gasteiger partial charge is 0.466 e. The molecule has 0 amide bonds. The SMILES string of the molecule is CCOC(=O)C1CCN(C(c2cc3cc(CC)ccc3[nH]c2=O)c2nnnn2CCc2ccccc2)CC1. The monoisotopic (exact) mass is 514 g/mol. The number of aromatic nitrogens is 5. The third-order valence-corrected chi connectivity index (χ3v) is 7.41. The van der Waals surface area contributed by atoms with Gasteiger partial charge in [0.25, 0.3) is 5.56 Å². The van der Waals surface area contributed by atoms with Gasteiger partial charge in [-0.1, -0.05) is 43.3 Å². The molecule has 1 N–H and O–H groups in total. The van der Waals surface area contributed by atoms with Crippen molar-refractivity contribution in [3.05, 3.63) is 87.5 Å². The number of aryl methyl sites for hydroxylation is 3. The first-order valence-electron chi connectivity index (χ1n) is 13.4. The molecular weight excluding hydrogens is 480 g/mol. The number of fused-ring (bicyclic) bond motifs is 1. The van der Waals surface area contributed by atoms with Crippen LogP contribution in [-0.4, -0.2) is 55.8 Å². The first-order valence-corrected chi connectivity index (χ1v) is 13.4. The van der Waals surface area contributed by atoms with Crippen LogP contribution in [-0.2, 0) is 28.9 Å². The number of ether oxygens (including phenoxy) is 1. The third kappa shape index (κ3) is 5.52. The number of esters is 1. The summed E-state index contributed by atoms with van der Waals surface area (Å²) in [6, 6.07) is 17.9. The lowest BCUT2D eigenvalue weighted by Gasteiger charge is -2.36. The van der Waals surface area contributed by atoms with Crippen molar-refractivity contribution < 1.29 is 9.53 Å². The van der Waals surface area contributed by atoms with Crippen molar-refractivity contribution in [3.63, 3.8) is 0 Å². The molecule has 0 radical (unpaired) electrons. The number of aromatic amines is 1. The Morgan fingerprint density at radius 2 is 1.87 bits per heavy atom. The molecule has 1 fully saturated rings. The molecule has 9 heteroatoms. The summed E-state index contributed by atoms with van der Waals surface area (Å²) in [7, 11) is 0. The molecule has 1 atom stereocenters. The van der Waals surface area contributed by atoms with Crippen molar-refractivity contribution in [2.24, 2.45) is 5.92 Å². The molecule has 0 aliphatic carbocycles. The van der Waals surface area contributed by atoms with Gasteiger partial charge in [0.05, 0.1) is 12.5 Å². The van der Waals surface area contributed by atoms with Crippen LogP contribution in [0.15, 0.2) is 59.4 Å². The molecule has 1 unspecified atom stereocenters. The van der Waals surface area contributed by atoms with Gasteiger partial charge in [0, 0.05) is 30.7 Å². The van der Waals surface area contributed by atoms with Crippen molar-refractivity contribution in [2.75, 3.05) is 19.7 Å². The van der Waals surface area contributed by atoms with Gasteiger partial charge in [-0.2, -0.15) is 0 Å². The van der Waals surface area contributed by atoms with Gasteiger partial charge < -0.3 is 9.72 Å². The number of rotatable bonds is 9.